The summed E-state index contributed by atoms with van der Waals surface area (Å²) in [5.74, 6) is -0.509. The molecule has 5 nitrogen and oxygen atoms in total. The van der Waals surface area contributed by atoms with Crippen LogP contribution >= 0.6 is 23.2 Å². The van der Waals surface area contributed by atoms with Crippen molar-refractivity contribution in [1.82, 2.24) is 0 Å². The smallest absolute Gasteiger partial charge is 0.340 e. The van der Waals surface area contributed by atoms with Gasteiger partial charge in [-0.05, 0) is 48.9 Å². The maximum absolute atomic E-state index is 12.3. The van der Waals surface area contributed by atoms with Gasteiger partial charge in [-0.15, -0.1) is 0 Å². The minimum absolute atomic E-state index is 0.111. The number of hydrogen-bond acceptors (Lipinski definition) is 5. The molecule has 0 saturated carbocycles. The van der Waals surface area contributed by atoms with E-state index in [2.05, 4.69) is 4.74 Å². The Morgan fingerprint density at radius 2 is 1.74 bits per heavy atom. The van der Waals surface area contributed by atoms with Crippen LogP contribution in [0.15, 0.2) is 41.3 Å². The van der Waals surface area contributed by atoms with E-state index in [0.717, 1.165) is 0 Å². The van der Waals surface area contributed by atoms with Crippen LogP contribution in [0.2, 0.25) is 10.0 Å². The van der Waals surface area contributed by atoms with Gasteiger partial charge in [-0.2, -0.15) is 8.42 Å². The van der Waals surface area contributed by atoms with Gasteiger partial charge in [0.15, 0.2) is 0 Å². The second-order valence-electron chi connectivity index (χ2n) is 4.59. The summed E-state index contributed by atoms with van der Waals surface area (Å²) in [7, 11) is -2.93. The van der Waals surface area contributed by atoms with E-state index < -0.39 is 16.1 Å². The summed E-state index contributed by atoms with van der Waals surface area (Å²) in [5, 5.41) is 0.355. The van der Waals surface area contributed by atoms with Crippen molar-refractivity contribution in [1.29, 1.82) is 0 Å². The summed E-state index contributed by atoms with van der Waals surface area (Å²) in [6, 6.07) is 8.15. The number of halogens is 2. The van der Waals surface area contributed by atoms with Gasteiger partial charge in [-0.3, -0.25) is 0 Å². The summed E-state index contributed by atoms with van der Waals surface area (Å²) in [6.45, 7) is 1.72. The van der Waals surface area contributed by atoms with Crippen LogP contribution in [0.25, 0.3) is 0 Å². The van der Waals surface area contributed by atoms with Gasteiger partial charge in [-0.25, -0.2) is 4.79 Å². The Kier molecular flexibility index (Phi) is 5.19. The molecule has 8 heteroatoms. The fourth-order valence-corrected chi connectivity index (χ4v) is 3.35. The fourth-order valence-electron chi connectivity index (χ4n) is 1.79. The zero-order chi connectivity index (χ0) is 17.2. The van der Waals surface area contributed by atoms with Crippen molar-refractivity contribution in [3.05, 3.63) is 57.6 Å². The summed E-state index contributed by atoms with van der Waals surface area (Å²) in [4.78, 5) is 11.2. The Hall–Kier alpha value is -1.76. The van der Waals surface area contributed by atoms with E-state index in [1.54, 1.807) is 6.92 Å². The molecule has 0 bridgehead atoms. The summed E-state index contributed by atoms with van der Waals surface area (Å²) >= 11 is 11.8. The molecule has 0 aliphatic heterocycles. The minimum Gasteiger partial charge on any atom is -0.465 e. The van der Waals surface area contributed by atoms with E-state index in [1.165, 1.54) is 43.5 Å². The quantitative estimate of drug-likeness (QED) is 0.600. The molecule has 0 unspecified atom stereocenters. The van der Waals surface area contributed by atoms with Crippen LogP contribution in [-0.2, 0) is 14.9 Å². The molecule has 2 aromatic carbocycles. The number of carbonyl (C=O) groups excluding carboxylic acids is 1. The number of benzene rings is 2. The minimum atomic E-state index is -4.15. The van der Waals surface area contributed by atoms with Gasteiger partial charge in [0.25, 0.3) is 0 Å². The van der Waals surface area contributed by atoms with E-state index in [9.17, 15) is 13.2 Å². The molecule has 0 fully saturated rings. The molecule has 0 radical (unpaired) electrons. The Morgan fingerprint density at radius 3 is 2.30 bits per heavy atom. The van der Waals surface area contributed by atoms with Crippen molar-refractivity contribution in [2.45, 2.75) is 11.8 Å². The molecule has 0 amide bonds. The predicted molar refractivity (Wildman–Crippen MR) is 86.8 cm³/mol. The number of hydrogen-bond donors (Lipinski definition) is 0. The topological polar surface area (TPSA) is 69.7 Å². The van der Waals surface area contributed by atoms with Gasteiger partial charge in [0.05, 0.1) is 17.7 Å². The van der Waals surface area contributed by atoms with Crippen LogP contribution in [0.3, 0.4) is 0 Å². The third-order valence-corrected chi connectivity index (χ3v) is 5.11. The van der Waals surface area contributed by atoms with Gasteiger partial charge in [0.1, 0.15) is 10.6 Å². The number of esters is 1. The zero-order valence-corrected chi connectivity index (χ0v) is 14.5. The average Bonchev–Trinajstić information content (AvgIpc) is 2.49. The number of methoxy groups -OCH3 is 1. The molecule has 23 heavy (non-hydrogen) atoms. The van der Waals surface area contributed by atoms with Crippen LogP contribution in [0.5, 0.6) is 5.75 Å². The lowest BCUT2D eigenvalue weighted by Crippen LogP contribution is -2.11. The molecule has 0 N–H and O–H groups in total. The Bertz CT molecular complexity index is 862. The molecule has 0 aliphatic rings. The lowest BCUT2D eigenvalue weighted by molar-refractivity contribution is 0.0600. The van der Waals surface area contributed by atoms with Crippen LogP contribution in [-0.4, -0.2) is 21.5 Å². The number of rotatable bonds is 4. The first kappa shape index (κ1) is 17.6. The number of ether oxygens (including phenoxy) is 1. The molecule has 0 saturated heterocycles. The van der Waals surface area contributed by atoms with E-state index >= 15 is 0 Å². The molecule has 0 aromatic heterocycles. The first-order chi connectivity index (χ1) is 10.7. The normalized spacial score (nSPS) is 11.1. The van der Waals surface area contributed by atoms with E-state index in [4.69, 9.17) is 27.4 Å². The molecule has 0 aliphatic carbocycles. The summed E-state index contributed by atoms with van der Waals surface area (Å²) < 4.78 is 34.2. The number of carbonyl (C=O) groups is 1. The number of aryl methyl sites for hydroxylation is 1. The van der Waals surface area contributed by atoms with Crippen LogP contribution in [0.1, 0.15) is 15.9 Å². The van der Waals surface area contributed by atoms with Crippen LogP contribution in [0, 0.1) is 6.92 Å². The van der Waals surface area contributed by atoms with Gasteiger partial charge in [0, 0.05) is 5.02 Å². The largest absolute Gasteiger partial charge is 0.465 e. The average molecular weight is 375 g/mol. The first-order valence-electron chi connectivity index (χ1n) is 6.33. The Balaban J connectivity index is 2.36. The van der Waals surface area contributed by atoms with Gasteiger partial charge >= 0.3 is 16.1 Å². The van der Waals surface area contributed by atoms with Gasteiger partial charge in [-0.1, -0.05) is 23.2 Å². The highest BCUT2D eigenvalue weighted by Crippen LogP contribution is 2.28. The molecule has 0 atom stereocenters. The lowest BCUT2D eigenvalue weighted by atomic mass is 10.2. The maximum atomic E-state index is 12.3. The highest BCUT2D eigenvalue weighted by Gasteiger charge is 2.22. The Morgan fingerprint density at radius 1 is 1.04 bits per heavy atom. The second-order valence-corrected chi connectivity index (χ2v) is 6.91. The highest BCUT2D eigenvalue weighted by atomic mass is 35.5. The maximum Gasteiger partial charge on any atom is 0.340 e. The van der Waals surface area contributed by atoms with Crippen LogP contribution in [0.4, 0.5) is 0 Å². The summed E-state index contributed by atoms with van der Waals surface area (Å²) in [5.41, 5.74) is 0.810. The van der Waals surface area contributed by atoms with Crippen molar-refractivity contribution in [2.75, 3.05) is 7.11 Å². The molecule has 0 spiro atoms. The van der Waals surface area contributed by atoms with E-state index in [0.29, 0.717) is 10.6 Å². The van der Waals surface area contributed by atoms with Crippen LogP contribution < -0.4 is 4.18 Å². The lowest BCUT2D eigenvalue weighted by Gasteiger charge is -2.10. The zero-order valence-electron chi connectivity index (χ0n) is 12.2. The predicted octanol–water partition coefficient (Wildman–Crippen LogP) is 3.86. The third-order valence-electron chi connectivity index (χ3n) is 2.96. The van der Waals surface area contributed by atoms with E-state index in [-0.39, 0.29) is 21.2 Å². The molecular formula is C15H12Cl2O5S. The molecule has 2 rings (SSSR count). The molecule has 0 heterocycles. The van der Waals surface area contributed by atoms with Crippen molar-refractivity contribution >= 4 is 39.3 Å². The van der Waals surface area contributed by atoms with Crippen molar-refractivity contribution < 1.29 is 22.1 Å². The second kappa shape index (κ2) is 6.78. The molecule has 2 aromatic rings. The molecular weight excluding hydrogens is 363 g/mol. The van der Waals surface area contributed by atoms with Crippen molar-refractivity contribution in [2.24, 2.45) is 0 Å². The highest BCUT2D eigenvalue weighted by molar-refractivity contribution is 7.87. The van der Waals surface area contributed by atoms with Crippen molar-refractivity contribution in [3.8, 4) is 5.75 Å². The third kappa shape index (κ3) is 3.96. The standard InChI is InChI=1S/C15H12Cl2O5S/c1-9-7-11(4-5-12(9)16)22-23(19,20)14-6-3-10(8-13(14)17)15(18)21-2/h3-8H,1-2H3. The van der Waals surface area contributed by atoms with Crippen molar-refractivity contribution in [3.63, 3.8) is 0 Å². The first-order valence-corrected chi connectivity index (χ1v) is 8.49. The summed E-state index contributed by atoms with van der Waals surface area (Å²) in [6.07, 6.45) is 0. The van der Waals surface area contributed by atoms with E-state index in [1.807, 2.05) is 0 Å². The van der Waals surface area contributed by atoms with Gasteiger partial charge < -0.3 is 8.92 Å². The fraction of sp³-hybridized carbons (Fsp3) is 0.133. The molecule has 122 valence electrons. The Labute approximate surface area is 143 Å². The SMILES string of the molecule is COC(=O)c1ccc(S(=O)(=O)Oc2ccc(Cl)c(C)c2)c(Cl)c1. The monoisotopic (exact) mass is 374 g/mol. The van der Waals surface area contributed by atoms with Gasteiger partial charge in [0.2, 0.25) is 0 Å².